The Balaban J connectivity index is 1.57. The summed E-state index contributed by atoms with van der Waals surface area (Å²) in [6, 6.07) is 32.6. The topological polar surface area (TPSA) is 77.3 Å². The van der Waals surface area contributed by atoms with Gasteiger partial charge in [0.2, 0.25) is 11.6 Å². The van der Waals surface area contributed by atoms with Crippen molar-refractivity contribution in [3.8, 4) is 57.2 Å². The van der Waals surface area contributed by atoms with E-state index in [-0.39, 0.29) is 0 Å². The summed E-state index contributed by atoms with van der Waals surface area (Å²) in [5, 5.41) is 0. The fourth-order valence-electron chi connectivity index (χ4n) is 4.28. The highest BCUT2D eigenvalue weighted by Gasteiger charge is 2.18. The minimum absolute atomic E-state index is 0.394. The van der Waals surface area contributed by atoms with E-state index in [1.807, 2.05) is 48.5 Å². The molecule has 6 rings (SSSR count). The summed E-state index contributed by atoms with van der Waals surface area (Å²) >= 11 is 0. The van der Waals surface area contributed by atoms with E-state index in [4.69, 9.17) is 29.9 Å². The third-order valence-corrected chi connectivity index (χ3v) is 6.71. The Morgan fingerprint density at radius 2 is 0.425 bits per heavy atom. The zero-order chi connectivity index (χ0) is 27.6. The van der Waals surface area contributed by atoms with Crippen molar-refractivity contribution in [3.05, 3.63) is 119 Å². The Labute approximate surface area is 233 Å². The van der Waals surface area contributed by atoms with Crippen LogP contribution in [0.25, 0.3) is 57.2 Å². The zero-order valence-corrected chi connectivity index (χ0v) is 22.9. The second kappa shape index (κ2) is 10.6. The number of benzene rings is 4. The Morgan fingerprint density at radius 3 is 0.625 bits per heavy atom. The maximum atomic E-state index is 4.87. The van der Waals surface area contributed by atoms with Gasteiger partial charge in [0.15, 0.2) is 23.3 Å². The molecule has 0 fully saturated rings. The number of nitrogens with zero attached hydrogens (tertiary/aromatic N) is 6. The van der Waals surface area contributed by atoms with Gasteiger partial charge in [-0.1, -0.05) is 119 Å². The predicted molar refractivity (Wildman–Crippen MR) is 159 cm³/mol. The molecular formula is C34H28N6. The Kier molecular flexibility index (Phi) is 6.66. The van der Waals surface area contributed by atoms with Crippen molar-refractivity contribution in [1.82, 2.24) is 29.9 Å². The molecule has 0 spiro atoms. The minimum atomic E-state index is 0.394. The van der Waals surface area contributed by atoms with Crippen LogP contribution in [0.1, 0.15) is 22.3 Å². The first-order valence-corrected chi connectivity index (χ1v) is 13.2. The highest BCUT2D eigenvalue weighted by atomic mass is 15.1. The van der Waals surface area contributed by atoms with Gasteiger partial charge in [0.05, 0.1) is 0 Å². The lowest BCUT2D eigenvalue weighted by Crippen LogP contribution is -2.05. The number of hydrogen-bond donors (Lipinski definition) is 0. The van der Waals surface area contributed by atoms with E-state index < -0.39 is 0 Å². The van der Waals surface area contributed by atoms with Gasteiger partial charge in [0, 0.05) is 22.3 Å². The van der Waals surface area contributed by atoms with Crippen LogP contribution in [0.15, 0.2) is 97.1 Å². The zero-order valence-electron chi connectivity index (χ0n) is 22.9. The van der Waals surface area contributed by atoms with Crippen molar-refractivity contribution < 1.29 is 0 Å². The SMILES string of the molecule is Cc1ccc(-c2nc(-c3ccc(C)cc3)nc(-c3nc(-c4ccc(C)cc4)nc(-c4ccc(C)cc4)n3)n2)cc1. The largest absolute Gasteiger partial charge is 0.208 e. The van der Waals surface area contributed by atoms with Crippen LogP contribution in [-0.2, 0) is 0 Å². The summed E-state index contributed by atoms with van der Waals surface area (Å²) in [6.45, 7) is 8.24. The number of rotatable bonds is 5. The molecule has 0 aliphatic carbocycles. The third-order valence-electron chi connectivity index (χ3n) is 6.71. The fourth-order valence-corrected chi connectivity index (χ4v) is 4.28. The van der Waals surface area contributed by atoms with E-state index >= 15 is 0 Å². The molecule has 0 amide bonds. The van der Waals surface area contributed by atoms with Gasteiger partial charge in [-0.05, 0) is 27.7 Å². The van der Waals surface area contributed by atoms with Gasteiger partial charge < -0.3 is 0 Å². The monoisotopic (exact) mass is 520 g/mol. The quantitative estimate of drug-likeness (QED) is 0.233. The second-order valence-electron chi connectivity index (χ2n) is 10.1. The molecule has 0 radical (unpaired) electrons. The summed E-state index contributed by atoms with van der Waals surface area (Å²) in [7, 11) is 0. The van der Waals surface area contributed by atoms with E-state index in [0.29, 0.717) is 34.9 Å². The van der Waals surface area contributed by atoms with Gasteiger partial charge in [0.1, 0.15) is 0 Å². The summed E-state index contributed by atoms with van der Waals surface area (Å²) in [6.07, 6.45) is 0. The molecule has 0 N–H and O–H groups in total. The molecular weight excluding hydrogens is 492 g/mol. The summed E-state index contributed by atoms with van der Waals surface area (Å²) in [5.74, 6) is 3.05. The van der Waals surface area contributed by atoms with Crippen molar-refractivity contribution in [2.75, 3.05) is 0 Å². The maximum absolute atomic E-state index is 4.87. The van der Waals surface area contributed by atoms with Gasteiger partial charge in [-0.25, -0.2) is 29.9 Å². The molecule has 0 saturated carbocycles. The number of hydrogen-bond acceptors (Lipinski definition) is 6. The van der Waals surface area contributed by atoms with Gasteiger partial charge in [-0.3, -0.25) is 0 Å². The Morgan fingerprint density at radius 1 is 0.250 bits per heavy atom. The van der Waals surface area contributed by atoms with Crippen LogP contribution in [0, 0.1) is 27.7 Å². The molecule has 2 aromatic heterocycles. The first-order valence-electron chi connectivity index (χ1n) is 13.2. The second-order valence-corrected chi connectivity index (χ2v) is 10.1. The molecule has 2 heterocycles. The van der Waals surface area contributed by atoms with E-state index in [0.717, 1.165) is 22.3 Å². The van der Waals surface area contributed by atoms with Crippen molar-refractivity contribution >= 4 is 0 Å². The molecule has 6 nitrogen and oxygen atoms in total. The average Bonchev–Trinajstić information content (AvgIpc) is 2.98. The molecule has 0 atom stereocenters. The standard InChI is InChI=1S/C34H28N6/c1-21-5-13-25(14-6-21)29-35-30(26-15-7-22(2)8-16-26)38-33(37-29)34-39-31(27-17-9-23(3)10-18-27)36-32(40-34)28-19-11-24(4)12-20-28/h5-20H,1-4H3. The van der Waals surface area contributed by atoms with Gasteiger partial charge in [-0.2, -0.15) is 0 Å². The fraction of sp³-hybridized carbons (Fsp3) is 0.118. The lowest BCUT2D eigenvalue weighted by Gasteiger charge is -2.10. The summed E-state index contributed by atoms with van der Waals surface area (Å²) < 4.78 is 0. The highest BCUT2D eigenvalue weighted by Crippen LogP contribution is 2.27. The van der Waals surface area contributed by atoms with Crippen molar-refractivity contribution in [2.45, 2.75) is 27.7 Å². The van der Waals surface area contributed by atoms with Gasteiger partial charge in [0.25, 0.3) is 0 Å². The molecule has 0 bridgehead atoms. The Hall–Kier alpha value is -5.10. The molecule has 6 aromatic rings. The third kappa shape index (κ3) is 5.38. The molecule has 40 heavy (non-hydrogen) atoms. The van der Waals surface area contributed by atoms with E-state index in [1.165, 1.54) is 22.3 Å². The van der Waals surface area contributed by atoms with Crippen LogP contribution in [-0.4, -0.2) is 29.9 Å². The van der Waals surface area contributed by atoms with Crippen LogP contribution in [0.5, 0.6) is 0 Å². The molecule has 0 saturated heterocycles. The average molecular weight is 521 g/mol. The molecule has 194 valence electrons. The minimum Gasteiger partial charge on any atom is -0.208 e. The Bertz CT molecular complexity index is 1530. The van der Waals surface area contributed by atoms with Crippen molar-refractivity contribution in [3.63, 3.8) is 0 Å². The van der Waals surface area contributed by atoms with Gasteiger partial charge in [-0.15, -0.1) is 0 Å². The maximum Gasteiger partial charge on any atom is 0.202 e. The number of aryl methyl sites for hydroxylation is 4. The molecule has 4 aromatic carbocycles. The smallest absolute Gasteiger partial charge is 0.202 e. The van der Waals surface area contributed by atoms with Crippen molar-refractivity contribution in [2.24, 2.45) is 0 Å². The molecule has 0 aliphatic rings. The van der Waals surface area contributed by atoms with Gasteiger partial charge >= 0.3 is 0 Å². The predicted octanol–water partition coefficient (Wildman–Crippen LogP) is 7.63. The normalized spacial score (nSPS) is 11.0. The van der Waals surface area contributed by atoms with E-state index in [9.17, 15) is 0 Å². The van der Waals surface area contributed by atoms with Crippen molar-refractivity contribution in [1.29, 1.82) is 0 Å². The highest BCUT2D eigenvalue weighted by molar-refractivity contribution is 5.68. The van der Waals surface area contributed by atoms with Crippen LogP contribution < -0.4 is 0 Å². The molecule has 6 heteroatoms. The summed E-state index contributed by atoms with van der Waals surface area (Å²) in [4.78, 5) is 29.2. The van der Waals surface area contributed by atoms with E-state index in [2.05, 4.69) is 76.2 Å². The first kappa shape index (κ1) is 25.2. The van der Waals surface area contributed by atoms with E-state index in [1.54, 1.807) is 0 Å². The number of aromatic nitrogens is 6. The lowest BCUT2D eigenvalue weighted by atomic mass is 10.1. The summed E-state index contributed by atoms with van der Waals surface area (Å²) in [5.41, 5.74) is 8.26. The van der Waals surface area contributed by atoms with Crippen LogP contribution in [0.2, 0.25) is 0 Å². The first-order chi connectivity index (χ1) is 19.4. The molecule has 0 aliphatic heterocycles. The van der Waals surface area contributed by atoms with Crippen LogP contribution >= 0.6 is 0 Å². The van der Waals surface area contributed by atoms with Crippen LogP contribution in [0.4, 0.5) is 0 Å². The lowest BCUT2D eigenvalue weighted by molar-refractivity contribution is 1.00. The molecule has 0 unspecified atom stereocenters. The van der Waals surface area contributed by atoms with Crippen LogP contribution in [0.3, 0.4) is 0 Å².